The average Bonchev–Trinajstić information content (AvgIpc) is 3.41. The zero-order valence-electron chi connectivity index (χ0n) is 19.0. The number of halogens is 1. The summed E-state index contributed by atoms with van der Waals surface area (Å²) >= 11 is 0. The number of carbonyl (C=O) groups excluding carboxylic acids is 1. The van der Waals surface area contributed by atoms with E-state index in [1.54, 1.807) is 19.2 Å². The third-order valence-electron chi connectivity index (χ3n) is 6.19. The lowest BCUT2D eigenvalue weighted by molar-refractivity contribution is -0.128. The molecule has 4 aromatic rings. The fourth-order valence-electron chi connectivity index (χ4n) is 4.48. The molecule has 7 heteroatoms. The van der Waals surface area contributed by atoms with Gasteiger partial charge in [-0.1, -0.05) is 24.3 Å². The summed E-state index contributed by atoms with van der Waals surface area (Å²) in [4.78, 5) is 19.5. The summed E-state index contributed by atoms with van der Waals surface area (Å²) in [6.07, 6.45) is 0.407. The second kappa shape index (κ2) is 9.55. The van der Waals surface area contributed by atoms with Crippen molar-refractivity contribution in [2.24, 2.45) is 0 Å². The van der Waals surface area contributed by atoms with Crippen molar-refractivity contribution in [3.8, 4) is 11.5 Å². The largest absolute Gasteiger partial charge is 0.497 e. The van der Waals surface area contributed by atoms with Gasteiger partial charge < -0.3 is 18.9 Å². The van der Waals surface area contributed by atoms with Crippen molar-refractivity contribution in [1.82, 2.24) is 14.5 Å². The number of hydrogen-bond acceptors (Lipinski definition) is 4. The van der Waals surface area contributed by atoms with Crippen LogP contribution in [0.25, 0.3) is 11.0 Å². The predicted molar refractivity (Wildman–Crippen MR) is 127 cm³/mol. The van der Waals surface area contributed by atoms with E-state index in [0.717, 1.165) is 33.9 Å². The van der Waals surface area contributed by atoms with Crippen LogP contribution in [0.1, 0.15) is 23.7 Å². The molecule has 1 saturated heterocycles. The highest BCUT2D eigenvalue weighted by Crippen LogP contribution is 2.31. The fraction of sp³-hybridized carbons (Fsp3) is 0.259. The predicted octanol–water partition coefficient (Wildman–Crippen LogP) is 4.78. The number of nitrogens with zero attached hydrogens (tertiary/aromatic N) is 3. The molecule has 0 radical (unpaired) electrons. The maximum atomic E-state index is 13.2. The summed E-state index contributed by atoms with van der Waals surface area (Å²) in [7, 11) is 1.64. The lowest BCUT2D eigenvalue weighted by atomic mass is 10.1. The van der Waals surface area contributed by atoms with E-state index in [9.17, 15) is 9.18 Å². The molecule has 0 saturated carbocycles. The summed E-state index contributed by atoms with van der Waals surface area (Å²) in [5.74, 6) is 2.25. The van der Waals surface area contributed by atoms with E-state index in [2.05, 4.69) is 4.57 Å². The molecule has 1 aliphatic heterocycles. The molecule has 3 aromatic carbocycles. The number of fused-ring (bicyclic) bond motifs is 1. The Bertz CT molecular complexity index is 1280. The summed E-state index contributed by atoms with van der Waals surface area (Å²) in [6, 6.07) is 21.8. The summed E-state index contributed by atoms with van der Waals surface area (Å²) in [5, 5.41) is 0. The van der Waals surface area contributed by atoms with Crippen LogP contribution in [-0.4, -0.2) is 40.6 Å². The van der Waals surface area contributed by atoms with Crippen LogP contribution in [-0.2, 0) is 17.9 Å². The highest BCUT2D eigenvalue weighted by Gasteiger charge is 2.34. The number of carbonyl (C=O) groups is 1. The molecule has 1 aromatic heterocycles. The zero-order valence-corrected chi connectivity index (χ0v) is 19.0. The van der Waals surface area contributed by atoms with Gasteiger partial charge in [-0.15, -0.1) is 0 Å². The Morgan fingerprint density at radius 1 is 1.00 bits per heavy atom. The maximum Gasteiger partial charge on any atom is 0.223 e. The minimum absolute atomic E-state index is 0.0127. The van der Waals surface area contributed by atoms with Crippen LogP contribution < -0.4 is 9.47 Å². The minimum Gasteiger partial charge on any atom is -0.497 e. The smallest absolute Gasteiger partial charge is 0.223 e. The van der Waals surface area contributed by atoms with Crippen molar-refractivity contribution in [2.75, 3.05) is 20.3 Å². The van der Waals surface area contributed by atoms with Crippen molar-refractivity contribution in [2.45, 2.75) is 25.4 Å². The molecule has 1 aliphatic rings. The molecule has 1 unspecified atom stereocenters. The van der Waals surface area contributed by atoms with Crippen molar-refractivity contribution in [1.29, 1.82) is 0 Å². The highest BCUT2D eigenvalue weighted by atomic mass is 19.1. The SMILES string of the molecule is COc1ccc(OCCn2c(C3CC(=O)N(Cc4ccc(F)cc4)C3)nc3ccccc32)cc1. The summed E-state index contributed by atoms with van der Waals surface area (Å²) in [6.45, 7) is 2.14. The molecule has 0 aliphatic carbocycles. The first-order valence-corrected chi connectivity index (χ1v) is 11.3. The Morgan fingerprint density at radius 2 is 1.74 bits per heavy atom. The minimum atomic E-state index is -0.278. The topological polar surface area (TPSA) is 56.6 Å². The number of hydrogen-bond donors (Lipinski definition) is 0. The van der Waals surface area contributed by atoms with Crippen LogP contribution >= 0.6 is 0 Å². The van der Waals surface area contributed by atoms with Gasteiger partial charge in [0.25, 0.3) is 0 Å². The number of para-hydroxylation sites is 2. The quantitative estimate of drug-likeness (QED) is 0.381. The van der Waals surface area contributed by atoms with Gasteiger partial charge in [-0.25, -0.2) is 9.37 Å². The lowest BCUT2D eigenvalue weighted by Crippen LogP contribution is -2.24. The first kappa shape index (κ1) is 21.9. The Morgan fingerprint density at radius 3 is 2.50 bits per heavy atom. The Kier molecular flexibility index (Phi) is 6.16. The third kappa shape index (κ3) is 4.59. The van der Waals surface area contributed by atoms with Crippen LogP contribution in [0, 0.1) is 5.82 Å². The van der Waals surface area contributed by atoms with Gasteiger partial charge in [0.05, 0.1) is 24.7 Å². The van der Waals surface area contributed by atoms with E-state index in [-0.39, 0.29) is 17.6 Å². The maximum absolute atomic E-state index is 13.2. The van der Waals surface area contributed by atoms with Gasteiger partial charge in [0.2, 0.25) is 5.91 Å². The van der Waals surface area contributed by atoms with Crippen LogP contribution in [0.2, 0.25) is 0 Å². The normalized spacial score (nSPS) is 15.8. The number of ether oxygens (including phenoxy) is 2. The zero-order chi connectivity index (χ0) is 23.5. The Hall–Kier alpha value is -3.87. The highest BCUT2D eigenvalue weighted by molar-refractivity contribution is 5.81. The molecule has 0 N–H and O–H groups in total. The number of imidazole rings is 1. The molecule has 34 heavy (non-hydrogen) atoms. The monoisotopic (exact) mass is 459 g/mol. The molecule has 6 nitrogen and oxygen atoms in total. The number of benzene rings is 3. The van der Waals surface area contributed by atoms with Crippen molar-refractivity contribution in [3.05, 3.63) is 90.0 Å². The van der Waals surface area contributed by atoms with E-state index < -0.39 is 0 Å². The number of aromatic nitrogens is 2. The molecule has 1 amide bonds. The summed E-state index contributed by atoms with van der Waals surface area (Å²) in [5.41, 5.74) is 2.85. The molecule has 174 valence electrons. The molecule has 1 atom stereocenters. The number of likely N-dealkylation sites (tertiary alicyclic amines) is 1. The van der Waals surface area contributed by atoms with Crippen LogP contribution in [0.4, 0.5) is 4.39 Å². The van der Waals surface area contributed by atoms with Crippen LogP contribution in [0.15, 0.2) is 72.8 Å². The standard InChI is InChI=1S/C27H26FN3O3/c1-33-22-10-12-23(13-11-22)34-15-14-31-25-5-3-2-4-24(25)29-27(31)20-16-26(32)30(18-20)17-19-6-8-21(28)9-7-19/h2-13,20H,14-18H2,1H3. The Balaban J connectivity index is 1.33. The van der Waals surface area contributed by atoms with Gasteiger partial charge in [-0.3, -0.25) is 4.79 Å². The second-order valence-corrected chi connectivity index (χ2v) is 8.44. The molecule has 0 spiro atoms. The molecule has 5 rings (SSSR count). The average molecular weight is 460 g/mol. The third-order valence-corrected chi connectivity index (χ3v) is 6.19. The van der Waals surface area contributed by atoms with Gasteiger partial charge in [-0.05, 0) is 54.1 Å². The van der Waals surface area contributed by atoms with E-state index >= 15 is 0 Å². The van der Waals surface area contributed by atoms with E-state index in [4.69, 9.17) is 14.5 Å². The van der Waals surface area contributed by atoms with Crippen molar-refractivity contribution in [3.63, 3.8) is 0 Å². The van der Waals surface area contributed by atoms with Gasteiger partial charge >= 0.3 is 0 Å². The van der Waals surface area contributed by atoms with E-state index in [1.165, 1.54) is 12.1 Å². The van der Waals surface area contributed by atoms with E-state index in [0.29, 0.717) is 32.7 Å². The second-order valence-electron chi connectivity index (χ2n) is 8.44. The first-order valence-electron chi connectivity index (χ1n) is 11.3. The molecule has 1 fully saturated rings. The van der Waals surface area contributed by atoms with Gasteiger partial charge in [-0.2, -0.15) is 0 Å². The fourth-order valence-corrected chi connectivity index (χ4v) is 4.48. The van der Waals surface area contributed by atoms with Crippen LogP contribution in [0.5, 0.6) is 11.5 Å². The summed E-state index contributed by atoms with van der Waals surface area (Å²) < 4.78 is 26.6. The van der Waals surface area contributed by atoms with Gasteiger partial charge in [0.1, 0.15) is 29.7 Å². The molecule has 2 heterocycles. The molecule has 0 bridgehead atoms. The number of methoxy groups -OCH3 is 1. The number of amides is 1. The van der Waals surface area contributed by atoms with Gasteiger partial charge in [0, 0.05) is 25.4 Å². The lowest BCUT2D eigenvalue weighted by Gasteiger charge is -2.17. The Labute approximate surface area is 197 Å². The van der Waals surface area contributed by atoms with Crippen LogP contribution in [0.3, 0.4) is 0 Å². The van der Waals surface area contributed by atoms with E-state index in [1.807, 2.05) is 53.4 Å². The van der Waals surface area contributed by atoms with Crippen molar-refractivity contribution < 1.29 is 18.7 Å². The first-order chi connectivity index (χ1) is 16.6. The van der Waals surface area contributed by atoms with Gasteiger partial charge in [0.15, 0.2) is 0 Å². The van der Waals surface area contributed by atoms with Crippen molar-refractivity contribution >= 4 is 16.9 Å². The number of rotatable bonds is 8. The molecular weight excluding hydrogens is 433 g/mol. The molecular formula is C27H26FN3O3.